The quantitative estimate of drug-likeness (QED) is 0.837. The molecule has 3 rings (SSSR count). The van der Waals surface area contributed by atoms with Gasteiger partial charge in [-0.05, 0) is 36.6 Å². The third kappa shape index (κ3) is 2.24. The highest BCUT2D eigenvalue weighted by atomic mass is 16.5. The van der Waals surface area contributed by atoms with Gasteiger partial charge in [0.25, 0.3) is 0 Å². The molecule has 0 saturated heterocycles. The summed E-state index contributed by atoms with van der Waals surface area (Å²) in [5.74, 6) is 0.796. The SMILES string of the molecule is Cc1ccc(C2C[C@@H](O)c3ccccc3O2)cc1C. The predicted molar refractivity (Wildman–Crippen MR) is 75.3 cm³/mol. The Labute approximate surface area is 113 Å². The van der Waals surface area contributed by atoms with Crippen molar-refractivity contribution in [1.29, 1.82) is 0 Å². The van der Waals surface area contributed by atoms with Crippen molar-refractivity contribution < 1.29 is 9.84 Å². The van der Waals surface area contributed by atoms with Gasteiger partial charge in [-0.15, -0.1) is 0 Å². The van der Waals surface area contributed by atoms with Gasteiger partial charge in [0.15, 0.2) is 0 Å². The molecule has 0 fully saturated rings. The van der Waals surface area contributed by atoms with E-state index in [0.717, 1.165) is 16.9 Å². The molecule has 0 spiro atoms. The Bertz CT molecular complexity index is 604. The van der Waals surface area contributed by atoms with Crippen LogP contribution in [0.25, 0.3) is 0 Å². The molecule has 2 atom stereocenters. The second-order valence-electron chi connectivity index (χ2n) is 5.24. The number of benzene rings is 2. The topological polar surface area (TPSA) is 29.5 Å². The fourth-order valence-electron chi connectivity index (χ4n) is 2.56. The largest absolute Gasteiger partial charge is 0.485 e. The van der Waals surface area contributed by atoms with Crippen LogP contribution in [0, 0.1) is 13.8 Å². The van der Waals surface area contributed by atoms with Gasteiger partial charge in [-0.1, -0.05) is 36.4 Å². The summed E-state index contributed by atoms with van der Waals surface area (Å²) < 4.78 is 6.02. The summed E-state index contributed by atoms with van der Waals surface area (Å²) in [4.78, 5) is 0. The van der Waals surface area contributed by atoms with Crippen molar-refractivity contribution in [3.8, 4) is 5.75 Å². The average molecular weight is 254 g/mol. The molecule has 2 nitrogen and oxygen atoms in total. The Morgan fingerprint density at radius 1 is 1.05 bits per heavy atom. The van der Waals surface area contributed by atoms with Crippen molar-refractivity contribution in [2.24, 2.45) is 0 Å². The van der Waals surface area contributed by atoms with Crippen molar-refractivity contribution in [2.45, 2.75) is 32.5 Å². The first-order valence-electron chi connectivity index (χ1n) is 6.66. The Morgan fingerprint density at radius 2 is 1.84 bits per heavy atom. The summed E-state index contributed by atoms with van der Waals surface area (Å²) in [6, 6.07) is 14.1. The predicted octanol–water partition coefficient (Wildman–Crippen LogP) is 3.86. The lowest BCUT2D eigenvalue weighted by Gasteiger charge is -2.30. The number of aryl methyl sites for hydroxylation is 2. The highest BCUT2D eigenvalue weighted by Gasteiger charge is 2.27. The summed E-state index contributed by atoms with van der Waals surface area (Å²) in [7, 11) is 0. The van der Waals surface area contributed by atoms with E-state index in [0.29, 0.717) is 6.42 Å². The maximum atomic E-state index is 10.2. The van der Waals surface area contributed by atoms with Gasteiger partial charge in [0.05, 0.1) is 6.10 Å². The van der Waals surface area contributed by atoms with Crippen LogP contribution in [0.15, 0.2) is 42.5 Å². The smallest absolute Gasteiger partial charge is 0.127 e. The maximum Gasteiger partial charge on any atom is 0.127 e. The summed E-state index contributed by atoms with van der Waals surface area (Å²) in [6.45, 7) is 4.21. The summed E-state index contributed by atoms with van der Waals surface area (Å²) in [5.41, 5.74) is 4.56. The number of hydrogen-bond donors (Lipinski definition) is 1. The van der Waals surface area contributed by atoms with Crippen molar-refractivity contribution in [1.82, 2.24) is 0 Å². The second kappa shape index (κ2) is 4.71. The van der Waals surface area contributed by atoms with Gasteiger partial charge in [0, 0.05) is 12.0 Å². The van der Waals surface area contributed by atoms with E-state index >= 15 is 0 Å². The van der Waals surface area contributed by atoms with Crippen molar-refractivity contribution in [2.75, 3.05) is 0 Å². The van der Waals surface area contributed by atoms with Gasteiger partial charge in [0.1, 0.15) is 11.9 Å². The summed E-state index contributed by atoms with van der Waals surface area (Å²) >= 11 is 0. The van der Waals surface area contributed by atoms with Gasteiger partial charge >= 0.3 is 0 Å². The van der Waals surface area contributed by atoms with E-state index in [2.05, 4.69) is 32.0 Å². The molecule has 0 aliphatic carbocycles. The molecule has 0 aromatic heterocycles. The number of ether oxygens (including phenoxy) is 1. The molecular weight excluding hydrogens is 236 g/mol. The van der Waals surface area contributed by atoms with E-state index < -0.39 is 6.10 Å². The van der Waals surface area contributed by atoms with Crippen molar-refractivity contribution in [3.05, 3.63) is 64.7 Å². The number of aliphatic hydroxyl groups is 1. The highest BCUT2D eigenvalue weighted by Crippen LogP contribution is 2.40. The Kier molecular flexibility index (Phi) is 3.03. The lowest BCUT2D eigenvalue weighted by atomic mass is 9.93. The van der Waals surface area contributed by atoms with Gasteiger partial charge in [0.2, 0.25) is 0 Å². The molecule has 1 aliphatic rings. The zero-order valence-electron chi connectivity index (χ0n) is 11.3. The Balaban J connectivity index is 1.94. The molecule has 0 bridgehead atoms. The number of aliphatic hydroxyl groups excluding tert-OH is 1. The minimum Gasteiger partial charge on any atom is -0.485 e. The number of fused-ring (bicyclic) bond motifs is 1. The molecule has 1 unspecified atom stereocenters. The lowest BCUT2D eigenvalue weighted by molar-refractivity contribution is 0.0657. The second-order valence-corrected chi connectivity index (χ2v) is 5.24. The van der Waals surface area contributed by atoms with Crippen LogP contribution in [0.5, 0.6) is 5.75 Å². The first-order valence-corrected chi connectivity index (χ1v) is 6.66. The Hall–Kier alpha value is -1.80. The molecule has 19 heavy (non-hydrogen) atoms. The van der Waals surface area contributed by atoms with Crippen LogP contribution in [0.2, 0.25) is 0 Å². The van der Waals surface area contributed by atoms with E-state index in [1.807, 2.05) is 24.3 Å². The van der Waals surface area contributed by atoms with Crippen molar-refractivity contribution >= 4 is 0 Å². The minimum atomic E-state index is -0.448. The lowest BCUT2D eigenvalue weighted by Crippen LogP contribution is -2.19. The third-order valence-electron chi connectivity index (χ3n) is 3.89. The molecule has 0 amide bonds. The third-order valence-corrected chi connectivity index (χ3v) is 3.89. The van der Waals surface area contributed by atoms with Crippen LogP contribution >= 0.6 is 0 Å². The zero-order chi connectivity index (χ0) is 13.4. The molecule has 1 N–H and O–H groups in total. The van der Waals surface area contributed by atoms with Gasteiger partial charge in [-0.25, -0.2) is 0 Å². The molecule has 1 heterocycles. The van der Waals surface area contributed by atoms with Crippen LogP contribution in [0.3, 0.4) is 0 Å². The average Bonchev–Trinajstić information content (AvgIpc) is 2.42. The number of hydrogen-bond acceptors (Lipinski definition) is 2. The number of rotatable bonds is 1. The first kappa shape index (κ1) is 12.2. The van der Waals surface area contributed by atoms with E-state index in [1.165, 1.54) is 11.1 Å². The molecule has 0 saturated carbocycles. The van der Waals surface area contributed by atoms with E-state index in [4.69, 9.17) is 4.74 Å². The van der Waals surface area contributed by atoms with Gasteiger partial charge < -0.3 is 9.84 Å². The molecule has 2 aromatic carbocycles. The minimum absolute atomic E-state index is 0.0656. The fraction of sp³-hybridized carbons (Fsp3) is 0.294. The molecular formula is C17H18O2. The monoisotopic (exact) mass is 254 g/mol. The van der Waals surface area contributed by atoms with Crippen LogP contribution in [0.1, 0.15) is 40.9 Å². The first-order chi connectivity index (χ1) is 9.15. The molecule has 0 radical (unpaired) electrons. The molecule has 98 valence electrons. The van der Waals surface area contributed by atoms with E-state index in [9.17, 15) is 5.11 Å². The Morgan fingerprint density at radius 3 is 2.63 bits per heavy atom. The van der Waals surface area contributed by atoms with Gasteiger partial charge in [-0.2, -0.15) is 0 Å². The molecule has 2 aromatic rings. The molecule has 1 aliphatic heterocycles. The zero-order valence-corrected chi connectivity index (χ0v) is 11.3. The van der Waals surface area contributed by atoms with Crippen LogP contribution in [-0.4, -0.2) is 5.11 Å². The van der Waals surface area contributed by atoms with Crippen molar-refractivity contribution in [3.63, 3.8) is 0 Å². The van der Waals surface area contributed by atoms with Crippen LogP contribution in [-0.2, 0) is 0 Å². The summed E-state index contributed by atoms with van der Waals surface area (Å²) in [6.07, 6.45) is 0.0974. The summed E-state index contributed by atoms with van der Waals surface area (Å²) in [5, 5.41) is 10.2. The maximum absolute atomic E-state index is 10.2. The van der Waals surface area contributed by atoms with Gasteiger partial charge in [-0.3, -0.25) is 0 Å². The van der Waals surface area contributed by atoms with E-state index in [-0.39, 0.29) is 6.10 Å². The fourth-order valence-corrected chi connectivity index (χ4v) is 2.56. The van der Waals surface area contributed by atoms with E-state index in [1.54, 1.807) is 0 Å². The standard InChI is InChI=1S/C17H18O2/c1-11-7-8-13(9-12(11)2)17-10-15(18)14-5-3-4-6-16(14)19-17/h3-9,15,17-18H,10H2,1-2H3/t15-,17?/m1/s1. The molecule has 2 heteroatoms. The highest BCUT2D eigenvalue weighted by molar-refractivity contribution is 5.39. The van der Waals surface area contributed by atoms with Crippen LogP contribution in [0.4, 0.5) is 0 Å². The number of para-hydroxylation sites is 1. The normalized spacial score (nSPS) is 21.6. The van der Waals surface area contributed by atoms with Crippen LogP contribution < -0.4 is 4.74 Å².